The Morgan fingerprint density at radius 1 is 1.50 bits per heavy atom. The first-order valence-corrected chi connectivity index (χ1v) is 5.61. The largest absolute Gasteiger partial charge is 0.500 e. The van der Waals surface area contributed by atoms with E-state index >= 15 is 0 Å². The number of thiol groups is 1. The molecule has 4 nitrogen and oxygen atoms in total. The highest BCUT2D eigenvalue weighted by molar-refractivity contribution is 7.80. The fourth-order valence-corrected chi connectivity index (χ4v) is 0.585. The quantitative estimate of drug-likeness (QED) is 0.385. The number of hydrogen-bond acceptors (Lipinski definition) is 3. The van der Waals surface area contributed by atoms with Crippen LogP contribution in [0.25, 0.3) is 0 Å². The average Bonchev–Trinajstić information content (AvgIpc) is 2.01. The molecule has 2 N–H and O–H groups in total. The molecule has 0 bridgehead atoms. The van der Waals surface area contributed by atoms with E-state index in [1.165, 1.54) is 19.3 Å². The van der Waals surface area contributed by atoms with Crippen LogP contribution in [0.5, 0.6) is 0 Å². The molecule has 0 heterocycles. The molecule has 7 heteroatoms. The minimum Gasteiger partial charge on any atom is -0.301 e. The molecule has 0 unspecified atom stereocenters. The predicted molar refractivity (Wildman–Crippen MR) is 47.6 cm³/mol. The summed E-state index contributed by atoms with van der Waals surface area (Å²) in [7, 11) is -4.81. The van der Waals surface area contributed by atoms with Crippen LogP contribution >= 0.6 is 20.5 Å². The molecule has 0 amide bonds. The maximum atomic E-state index is 10.2. The third kappa shape index (κ3) is 22.4. The van der Waals surface area contributed by atoms with Crippen LogP contribution in [-0.4, -0.2) is 15.5 Å². The highest BCUT2D eigenvalue weighted by atomic mass is 32.1. The van der Waals surface area contributed by atoms with Gasteiger partial charge in [-0.05, 0) is 16.7 Å². The number of rotatable bonds is 4. The van der Waals surface area contributed by atoms with Gasteiger partial charge in [0.1, 0.15) is 0 Å². The number of unbranched alkanes of at least 4 members (excludes halogenated alkanes) is 2. The summed E-state index contributed by atoms with van der Waals surface area (Å²) in [6.07, 6.45) is 3.92. The van der Waals surface area contributed by atoms with E-state index in [0.717, 1.165) is 5.75 Å². The van der Waals surface area contributed by atoms with Crippen molar-refractivity contribution in [1.82, 2.24) is 0 Å². The minimum atomic E-state index is -4.81. The van der Waals surface area contributed by atoms with Crippen molar-refractivity contribution >= 4 is 20.5 Å². The first kappa shape index (κ1) is 14.9. The van der Waals surface area contributed by atoms with Crippen molar-refractivity contribution in [3.63, 3.8) is 0 Å². The van der Waals surface area contributed by atoms with Crippen molar-refractivity contribution in [1.29, 1.82) is 0 Å². The fraction of sp³-hybridized carbons (Fsp3) is 1.00. The number of hydrogen-bond donors (Lipinski definition) is 3. The van der Waals surface area contributed by atoms with Crippen molar-refractivity contribution in [3.8, 4) is 0 Å². The summed E-state index contributed by atoms with van der Waals surface area (Å²) in [5.74, 6) is 1.05. The van der Waals surface area contributed by atoms with Crippen LogP contribution in [0.2, 0.25) is 0 Å². The maximum absolute atomic E-state index is 10.2. The first-order chi connectivity index (χ1) is 5.47. The molecule has 0 radical (unpaired) electrons. The molecule has 0 aromatic carbocycles. The monoisotopic (exact) mass is 220 g/mol. The Morgan fingerprint density at radius 2 is 1.92 bits per heavy atom. The lowest BCUT2D eigenvalue weighted by Crippen LogP contribution is -1.71. The average molecular weight is 220 g/mol. The van der Waals surface area contributed by atoms with E-state index in [-0.39, 0.29) is 0 Å². The summed E-state index contributed by atoms with van der Waals surface area (Å²) in [4.78, 5) is 14.7. The van der Waals surface area contributed by atoms with Crippen molar-refractivity contribution < 1.29 is 23.6 Å². The summed E-state index contributed by atoms with van der Waals surface area (Å²) in [6.45, 7) is 2.20. The second-order valence-corrected chi connectivity index (χ2v) is 3.56. The molecule has 0 fully saturated rings. The molecule has 12 heavy (non-hydrogen) atoms. The van der Waals surface area contributed by atoms with Gasteiger partial charge in [0.25, 0.3) is 0 Å². The number of halogens is 1. The molecule has 0 aromatic heterocycles. The second kappa shape index (κ2) is 9.48. The standard InChI is InChI=1S/C5H12S.FH2O4P/c1-2-3-4-5-6;1-5-6(2,3)4/h6H,2-5H2,1H3;(H2,2,3,4). The smallest absolute Gasteiger partial charge is 0.301 e. The molecular weight excluding hydrogens is 206 g/mol. The van der Waals surface area contributed by atoms with Gasteiger partial charge in [-0.25, -0.2) is 4.57 Å². The number of phosphoric acid groups is 1. The zero-order valence-corrected chi connectivity index (χ0v) is 8.60. The van der Waals surface area contributed by atoms with E-state index in [0.29, 0.717) is 0 Å². The van der Waals surface area contributed by atoms with E-state index in [1.807, 2.05) is 0 Å². The summed E-state index contributed by atoms with van der Waals surface area (Å²) in [6, 6.07) is 0. The van der Waals surface area contributed by atoms with E-state index in [4.69, 9.17) is 14.4 Å². The molecule has 0 atom stereocenters. The summed E-state index contributed by atoms with van der Waals surface area (Å²) in [5, 5.41) is 0. The van der Waals surface area contributed by atoms with Gasteiger partial charge >= 0.3 is 7.82 Å². The fourth-order valence-electron chi connectivity index (χ4n) is 0.362. The second-order valence-electron chi connectivity index (χ2n) is 1.99. The molecular formula is C5H14FO4PS. The maximum Gasteiger partial charge on any atom is 0.500 e. The van der Waals surface area contributed by atoms with Gasteiger partial charge in [0.15, 0.2) is 0 Å². The lowest BCUT2D eigenvalue weighted by molar-refractivity contribution is -0.0389. The van der Waals surface area contributed by atoms with E-state index < -0.39 is 7.82 Å². The van der Waals surface area contributed by atoms with Gasteiger partial charge in [0, 0.05) is 0 Å². The topological polar surface area (TPSA) is 66.8 Å². The van der Waals surface area contributed by atoms with Gasteiger partial charge in [0.05, 0.1) is 0 Å². The molecule has 0 aliphatic rings. The molecule has 0 aromatic rings. The Morgan fingerprint density at radius 3 is 2.00 bits per heavy atom. The van der Waals surface area contributed by atoms with Crippen LogP contribution in [0.3, 0.4) is 0 Å². The third-order valence-electron chi connectivity index (χ3n) is 0.852. The van der Waals surface area contributed by atoms with Crippen LogP contribution in [-0.2, 0) is 9.29 Å². The summed E-state index contributed by atoms with van der Waals surface area (Å²) < 4.78 is 21.4. The molecule has 76 valence electrons. The van der Waals surface area contributed by atoms with Gasteiger partial charge in [0.2, 0.25) is 0 Å². The van der Waals surface area contributed by atoms with Crippen LogP contribution in [0, 0.1) is 0 Å². The van der Waals surface area contributed by atoms with Crippen molar-refractivity contribution in [2.45, 2.75) is 26.2 Å². The predicted octanol–water partition coefficient (Wildman–Crippen LogP) is 2.09. The summed E-state index contributed by atoms with van der Waals surface area (Å²) >= 11 is 4.05. The van der Waals surface area contributed by atoms with Crippen molar-refractivity contribution in [2.75, 3.05) is 5.75 Å². The van der Waals surface area contributed by atoms with Crippen LogP contribution in [0.4, 0.5) is 4.53 Å². The van der Waals surface area contributed by atoms with Crippen LogP contribution < -0.4 is 0 Å². The Balaban J connectivity index is 0. The molecule has 0 rings (SSSR count). The van der Waals surface area contributed by atoms with E-state index in [2.05, 4.69) is 24.3 Å². The Bertz CT molecular complexity index is 125. The molecule has 0 spiro atoms. The molecule has 0 aliphatic carbocycles. The van der Waals surface area contributed by atoms with E-state index in [1.54, 1.807) is 0 Å². The van der Waals surface area contributed by atoms with Crippen molar-refractivity contribution in [3.05, 3.63) is 0 Å². The normalized spacial score (nSPS) is 10.4. The third-order valence-corrected chi connectivity index (χ3v) is 1.35. The SMILES string of the molecule is CCCCCS.O=P(O)(O)OF. The van der Waals surface area contributed by atoms with Crippen LogP contribution in [0.15, 0.2) is 0 Å². The van der Waals surface area contributed by atoms with Gasteiger partial charge < -0.3 is 9.79 Å². The Labute approximate surface area is 76.7 Å². The Hall–Kier alpha value is 0.390. The zero-order valence-electron chi connectivity index (χ0n) is 6.81. The minimum absolute atomic E-state index is 1.05. The van der Waals surface area contributed by atoms with Gasteiger partial charge in [-0.2, -0.15) is 12.6 Å². The van der Waals surface area contributed by atoms with E-state index in [9.17, 15) is 4.53 Å². The molecule has 0 saturated heterocycles. The van der Waals surface area contributed by atoms with Gasteiger partial charge in [-0.3, -0.25) is 0 Å². The zero-order chi connectivity index (χ0) is 10.0. The highest BCUT2D eigenvalue weighted by Gasteiger charge is 2.12. The first-order valence-electron chi connectivity index (χ1n) is 3.44. The Kier molecular flexibility index (Phi) is 11.8. The van der Waals surface area contributed by atoms with Crippen molar-refractivity contribution in [2.24, 2.45) is 0 Å². The van der Waals surface area contributed by atoms with Gasteiger partial charge in [-0.1, -0.05) is 24.5 Å². The van der Waals surface area contributed by atoms with Gasteiger partial charge in [-0.15, -0.1) is 0 Å². The highest BCUT2D eigenvalue weighted by Crippen LogP contribution is 2.35. The molecule has 0 aliphatic heterocycles. The lowest BCUT2D eigenvalue weighted by atomic mass is 10.3. The summed E-state index contributed by atoms with van der Waals surface area (Å²) in [5.41, 5.74) is 0. The molecule has 0 saturated carbocycles. The van der Waals surface area contributed by atoms with Crippen LogP contribution in [0.1, 0.15) is 26.2 Å². The lowest BCUT2D eigenvalue weighted by Gasteiger charge is -1.87.